The van der Waals surface area contributed by atoms with Gasteiger partial charge in [0.15, 0.2) is 11.2 Å². The van der Waals surface area contributed by atoms with Crippen LogP contribution in [0.15, 0.2) is 23.6 Å². The van der Waals surface area contributed by atoms with Gasteiger partial charge in [-0.05, 0) is 25.1 Å². The van der Waals surface area contributed by atoms with Crippen molar-refractivity contribution in [3.8, 4) is 17.0 Å². The summed E-state index contributed by atoms with van der Waals surface area (Å²) in [4.78, 5) is 41.0. The Balaban J connectivity index is 1.73. The van der Waals surface area contributed by atoms with E-state index in [1.807, 2.05) is 17.5 Å². The molecule has 3 rings (SSSR count). The largest absolute Gasteiger partial charge is 0.479 e. The number of aromatic nitrogens is 1. The van der Waals surface area contributed by atoms with Crippen LogP contribution in [0.4, 0.5) is 10.8 Å². The Morgan fingerprint density at radius 2 is 2.15 bits per heavy atom. The molecule has 1 unspecified atom stereocenters. The van der Waals surface area contributed by atoms with Gasteiger partial charge in [0.2, 0.25) is 5.91 Å². The number of fused-ring (bicyclic) bond motifs is 1. The van der Waals surface area contributed by atoms with Crippen molar-refractivity contribution in [2.45, 2.75) is 25.9 Å². The van der Waals surface area contributed by atoms with E-state index in [0.717, 1.165) is 5.56 Å². The molecular weight excluding hydrogens is 370 g/mol. The first-order valence-corrected chi connectivity index (χ1v) is 9.18. The summed E-state index contributed by atoms with van der Waals surface area (Å²) in [6, 6.07) is 5.49. The Labute approximate surface area is 160 Å². The molecule has 0 saturated carbocycles. The Kier molecular flexibility index (Phi) is 5.41. The van der Waals surface area contributed by atoms with Gasteiger partial charge in [-0.2, -0.15) is 0 Å². The number of esters is 1. The van der Waals surface area contributed by atoms with Crippen LogP contribution in [0.1, 0.15) is 19.8 Å². The number of methoxy groups -OCH3 is 1. The number of likely N-dealkylation sites (N-methyl/N-ethyl adjacent to an activating group) is 1. The van der Waals surface area contributed by atoms with E-state index in [1.54, 1.807) is 24.9 Å². The van der Waals surface area contributed by atoms with Crippen LogP contribution in [0.25, 0.3) is 11.3 Å². The molecule has 1 aromatic carbocycles. The molecule has 0 saturated heterocycles. The normalized spacial score (nSPS) is 15.7. The molecule has 1 aromatic heterocycles. The summed E-state index contributed by atoms with van der Waals surface area (Å²) in [6.07, 6.45) is -0.466. The van der Waals surface area contributed by atoms with Gasteiger partial charge in [-0.25, -0.2) is 4.98 Å². The molecule has 0 spiro atoms. The molecule has 1 aliphatic rings. The minimum absolute atomic E-state index is 0.0180. The number of anilines is 2. The van der Waals surface area contributed by atoms with E-state index in [-0.39, 0.29) is 24.7 Å². The Morgan fingerprint density at radius 3 is 2.89 bits per heavy atom. The molecule has 0 radical (unpaired) electrons. The zero-order valence-corrected chi connectivity index (χ0v) is 16.0. The second kappa shape index (κ2) is 7.75. The third kappa shape index (κ3) is 4.08. The standard InChI is InChI=1S/C18H19N3O5S/c1-10-17(24)21(2)13-8-11(4-5-14(13)26-10)12-9-27-18(19-12)20-15(22)6-7-16(23)25-3/h4-5,8-10H,6-7H2,1-3H3,(H,19,20,22). The van der Waals surface area contributed by atoms with Crippen molar-refractivity contribution >= 4 is 39.9 Å². The van der Waals surface area contributed by atoms with Crippen LogP contribution in [0.2, 0.25) is 0 Å². The number of carbonyl (C=O) groups is 3. The summed E-state index contributed by atoms with van der Waals surface area (Å²) in [5.74, 6) is -0.217. The summed E-state index contributed by atoms with van der Waals surface area (Å²) in [5, 5.41) is 4.92. The second-order valence-corrected chi connectivity index (χ2v) is 6.86. The monoisotopic (exact) mass is 389 g/mol. The summed E-state index contributed by atoms with van der Waals surface area (Å²) in [6.45, 7) is 1.71. The van der Waals surface area contributed by atoms with Gasteiger partial charge in [0.05, 0.1) is 24.9 Å². The molecule has 2 aromatic rings. The van der Waals surface area contributed by atoms with Crippen molar-refractivity contribution in [3.05, 3.63) is 23.6 Å². The highest BCUT2D eigenvalue weighted by atomic mass is 32.1. The van der Waals surface area contributed by atoms with Gasteiger partial charge in [-0.3, -0.25) is 14.4 Å². The first-order chi connectivity index (χ1) is 12.9. The van der Waals surface area contributed by atoms with Crippen LogP contribution in [-0.4, -0.2) is 43.0 Å². The van der Waals surface area contributed by atoms with Crippen LogP contribution in [-0.2, 0) is 19.1 Å². The summed E-state index contributed by atoms with van der Waals surface area (Å²) in [5.41, 5.74) is 2.15. The van der Waals surface area contributed by atoms with Gasteiger partial charge in [-0.15, -0.1) is 11.3 Å². The lowest BCUT2D eigenvalue weighted by Crippen LogP contribution is -2.41. The topological polar surface area (TPSA) is 97.8 Å². The van der Waals surface area contributed by atoms with E-state index in [0.29, 0.717) is 22.3 Å². The maximum absolute atomic E-state index is 12.1. The molecule has 9 heteroatoms. The van der Waals surface area contributed by atoms with E-state index < -0.39 is 12.1 Å². The number of ether oxygens (including phenoxy) is 2. The average molecular weight is 389 g/mol. The predicted molar refractivity (Wildman–Crippen MR) is 101 cm³/mol. The van der Waals surface area contributed by atoms with Crippen molar-refractivity contribution in [2.75, 3.05) is 24.4 Å². The highest BCUT2D eigenvalue weighted by Crippen LogP contribution is 2.37. The fourth-order valence-corrected chi connectivity index (χ4v) is 3.37. The first kappa shape index (κ1) is 18.8. The molecule has 1 aliphatic heterocycles. The van der Waals surface area contributed by atoms with Crippen molar-refractivity contribution in [3.63, 3.8) is 0 Å². The molecule has 1 N–H and O–H groups in total. The molecule has 1 atom stereocenters. The van der Waals surface area contributed by atoms with Gasteiger partial charge in [0.25, 0.3) is 5.91 Å². The molecule has 0 fully saturated rings. The molecular formula is C18H19N3O5S. The number of rotatable bonds is 5. The summed E-state index contributed by atoms with van der Waals surface area (Å²) >= 11 is 1.28. The fraction of sp³-hybridized carbons (Fsp3) is 0.333. The van der Waals surface area contributed by atoms with Gasteiger partial charge in [0.1, 0.15) is 5.75 Å². The van der Waals surface area contributed by atoms with Crippen molar-refractivity contribution in [1.29, 1.82) is 0 Å². The van der Waals surface area contributed by atoms with Gasteiger partial charge < -0.3 is 19.7 Å². The minimum Gasteiger partial charge on any atom is -0.479 e. The number of hydrogen-bond acceptors (Lipinski definition) is 7. The molecule has 2 heterocycles. The third-order valence-electron chi connectivity index (χ3n) is 4.13. The third-order valence-corrected chi connectivity index (χ3v) is 4.89. The van der Waals surface area contributed by atoms with E-state index >= 15 is 0 Å². The molecule has 142 valence electrons. The first-order valence-electron chi connectivity index (χ1n) is 8.30. The number of benzene rings is 1. The number of thiazole rings is 1. The predicted octanol–water partition coefficient (Wildman–Crippen LogP) is 2.45. The smallest absolute Gasteiger partial charge is 0.306 e. The highest BCUT2D eigenvalue weighted by molar-refractivity contribution is 7.14. The van der Waals surface area contributed by atoms with E-state index in [1.165, 1.54) is 18.4 Å². The molecule has 2 amide bonds. The Bertz CT molecular complexity index is 895. The maximum atomic E-state index is 12.1. The Hall–Kier alpha value is -2.94. The highest BCUT2D eigenvalue weighted by Gasteiger charge is 2.29. The lowest BCUT2D eigenvalue weighted by Gasteiger charge is -2.30. The number of amides is 2. The lowest BCUT2D eigenvalue weighted by molar-refractivity contribution is -0.141. The SMILES string of the molecule is COC(=O)CCC(=O)Nc1nc(-c2ccc3c(c2)N(C)C(=O)C(C)O3)cs1. The zero-order valence-electron chi connectivity index (χ0n) is 15.1. The van der Waals surface area contributed by atoms with E-state index in [9.17, 15) is 14.4 Å². The van der Waals surface area contributed by atoms with Crippen molar-refractivity contribution < 1.29 is 23.9 Å². The lowest BCUT2D eigenvalue weighted by atomic mass is 10.1. The van der Waals surface area contributed by atoms with E-state index in [2.05, 4.69) is 15.0 Å². The quantitative estimate of drug-likeness (QED) is 0.789. The second-order valence-electron chi connectivity index (χ2n) is 6.00. The minimum atomic E-state index is -0.514. The van der Waals surface area contributed by atoms with Crippen LogP contribution in [0.3, 0.4) is 0 Å². The summed E-state index contributed by atoms with van der Waals surface area (Å²) < 4.78 is 10.1. The van der Waals surface area contributed by atoms with Crippen LogP contribution in [0.5, 0.6) is 5.75 Å². The number of nitrogens with zero attached hydrogens (tertiary/aromatic N) is 2. The number of hydrogen-bond donors (Lipinski definition) is 1. The van der Waals surface area contributed by atoms with Crippen LogP contribution >= 0.6 is 11.3 Å². The van der Waals surface area contributed by atoms with Crippen molar-refractivity contribution in [1.82, 2.24) is 4.98 Å². The van der Waals surface area contributed by atoms with Crippen LogP contribution in [0, 0.1) is 0 Å². The maximum Gasteiger partial charge on any atom is 0.306 e. The van der Waals surface area contributed by atoms with E-state index in [4.69, 9.17) is 4.74 Å². The molecule has 0 aliphatic carbocycles. The molecule has 0 bridgehead atoms. The van der Waals surface area contributed by atoms with Crippen LogP contribution < -0.4 is 15.0 Å². The van der Waals surface area contributed by atoms with Gasteiger partial charge in [-0.1, -0.05) is 0 Å². The number of carbonyl (C=O) groups excluding carboxylic acids is 3. The summed E-state index contributed by atoms with van der Waals surface area (Å²) in [7, 11) is 2.99. The fourth-order valence-electron chi connectivity index (χ4n) is 2.63. The van der Waals surface area contributed by atoms with Gasteiger partial charge in [0, 0.05) is 24.4 Å². The van der Waals surface area contributed by atoms with Crippen molar-refractivity contribution in [2.24, 2.45) is 0 Å². The van der Waals surface area contributed by atoms with Gasteiger partial charge >= 0.3 is 5.97 Å². The Morgan fingerprint density at radius 1 is 1.37 bits per heavy atom. The number of nitrogens with one attached hydrogen (secondary N) is 1. The molecule has 8 nitrogen and oxygen atoms in total. The zero-order chi connectivity index (χ0) is 19.6. The average Bonchev–Trinajstić information content (AvgIpc) is 3.12. The molecule has 27 heavy (non-hydrogen) atoms.